The summed E-state index contributed by atoms with van der Waals surface area (Å²) in [4.78, 5) is 51.1. The van der Waals surface area contributed by atoms with E-state index in [1.54, 1.807) is 16.6 Å². The number of carbonyl (C=O) groups excluding carboxylic acids is 3. The van der Waals surface area contributed by atoms with E-state index in [2.05, 4.69) is 5.10 Å². The van der Waals surface area contributed by atoms with E-state index in [4.69, 9.17) is 4.74 Å². The van der Waals surface area contributed by atoms with Gasteiger partial charge in [0.2, 0.25) is 17.7 Å². The number of nitrogens with zero attached hydrogens (tertiary/aromatic N) is 5. The Labute approximate surface area is 163 Å². The van der Waals surface area contributed by atoms with E-state index in [1.165, 1.54) is 4.68 Å². The fourth-order valence-electron chi connectivity index (χ4n) is 3.80. The number of carbonyl (C=O) groups is 3. The van der Waals surface area contributed by atoms with Gasteiger partial charge in [-0.2, -0.15) is 5.10 Å². The van der Waals surface area contributed by atoms with Crippen LogP contribution in [-0.2, 0) is 32.2 Å². The number of likely N-dealkylation sites (tertiary alicyclic amines) is 2. The number of hydrogen-bond acceptors (Lipinski definition) is 6. The lowest BCUT2D eigenvalue weighted by atomic mass is 9.96. The van der Waals surface area contributed by atoms with Crippen LogP contribution < -0.4 is 5.69 Å². The van der Waals surface area contributed by atoms with Crippen LogP contribution in [0.5, 0.6) is 0 Å². The maximum absolute atomic E-state index is 12.5. The molecule has 2 aliphatic heterocycles. The van der Waals surface area contributed by atoms with E-state index in [9.17, 15) is 19.2 Å². The Bertz CT molecular complexity index is 790. The Balaban J connectivity index is 1.62. The zero-order valence-electron chi connectivity index (χ0n) is 16.4. The molecule has 2 saturated heterocycles. The van der Waals surface area contributed by atoms with Crippen LogP contribution in [0.2, 0.25) is 0 Å². The van der Waals surface area contributed by atoms with E-state index in [0.717, 1.165) is 10.7 Å². The van der Waals surface area contributed by atoms with Gasteiger partial charge in [0.1, 0.15) is 12.4 Å². The van der Waals surface area contributed by atoms with Crippen LogP contribution in [0, 0.1) is 0 Å². The molecule has 0 radical (unpaired) electrons. The summed E-state index contributed by atoms with van der Waals surface area (Å²) >= 11 is 0. The lowest BCUT2D eigenvalue weighted by molar-refractivity contribution is -0.145. The minimum Gasteiger partial charge on any atom is -0.383 e. The molecule has 2 fully saturated rings. The first-order valence-corrected chi connectivity index (χ1v) is 9.73. The predicted molar refractivity (Wildman–Crippen MR) is 98.5 cm³/mol. The van der Waals surface area contributed by atoms with Crippen molar-refractivity contribution in [2.75, 3.05) is 33.4 Å². The van der Waals surface area contributed by atoms with Crippen molar-refractivity contribution in [1.29, 1.82) is 0 Å². The zero-order chi connectivity index (χ0) is 20.3. The van der Waals surface area contributed by atoms with Crippen LogP contribution >= 0.6 is 0 Å². The zero-order valence-corrected chi connectivity index (χ0v) is 16.4. The summed E-state index contributed by atoms with van der Waals surface area (Å²) < 4.78 is 8.15. The van der Waals surface area contributed by atoms with E-state index in [0.29, 0.717) is 45.6 Å². The lowest BCUT2D eigenvalue weighted by Gasteiger charge is -2.32. The number of piperidine rings is 1. The first kappa shape index (κ1) is 20.2. The molecule has 10 heteroatoms. The third kappa shape index (κ3) is 4.01. The summed E-state index contributed by atoms with van der Waals surface area (Å²) in [7, 11) is 1.58. The number of ether oxygens (including phenoxy) is 1. The van der Waals surface area contributed by atoms with Gasteiger partial charge >= 0.3 is 5.69 Å². The largest absolute Gasteiger partial charge is 0.383 e. The number of hydrogen-bond donors (Lipinski definition) is 0. The van der Waals surface area contributed by atoms with Crippen molar-refractivity contribution in [2.24, 2.45) is 0 Å². The third-order valence-electron chi connectivity index (χ3n) is 5.44. The molecule has 1 aromatic heterocycles. The number of imide groups is 1. The molecule has 10 nitrogen and oxygen atoms in total. The molecule has 3 rings (SSSR count). The molecule has 0 aliphatic carbocycles. The van der Waals surface area contributed by atoms with Gasteiger partial charge in [0, 0.05) is 45.5 Å². The average Bonchev–Trinajstić information content (AvgIpc) is 3.19. The minimum atomic E-state index is -0.276. The molecule has 0 saturated carbocycles. The maximum Gasteiger partial charge on any atom is 0.345 e. The standard InChI is InChI=1S/C18H27N5O5/c1-3-21-17(19-23(18(21)27)10-11-28-2)13-6-8-20(9-7-13)16(26)12-22-14(24)4-5-15(22)25/h13H,3-12H2,1-2H3. The molecule has 154 valence electrons. The van der Waals surface area contributed by atoms with E-state index in [1.807, 2.05) is 6.92 Å². The third-order valence-corrected chi connectivity index (χ3v) is 5.44. The Morgan fingerprint density at radius 1 is 1.14 bits per heavy atom. The van der Waals surface area contributed by atoms with Crippen LogP contribution in [-0.4, -0.2) is 75.2 Å². The van der Waals surface area contributed by atoms with Crippen LogP contribution in [0.15, 0.2) is 4.79 Å². The summed E-state index contributed by atoms with van der Waals surface area (Å²) in [6, 6.07) is 0. The molecule has 28 heavy (non-hydrogen) atoms. The highest BCUT2D eigenvalue weighted by molar-refractivity contribution is 6.04. The second-order valence-corrected chi connectivity index (χ2v) is 7.13. The highest BCUT2D eigenvalue weighted by Gasteiger charge is 2.33. The van der Waals surface area contributed by atoms with Crippen molar-refractivity contribution in [2.45, 2.75) is 51.6 Å². The van der Waals surface area contributed by atoms with Crippen LogP contribution in [0.25, 0.3) is 0 Å². The molecule has 0 spiro atoms. The SMILES string of the molecule is CCn1c(C2CCN(C(=O)CN3C(=O)CCC3=O)CC2)nn(CCOC)c1=O. The molecular formula is C18H27N5O5. The van der Waals surface area contributed by atoms with Gasteiger partial charge in [0.25, 0.3) is 0 Å². The van der Waals surface area contributed by atoms with Gasteiger partial charge in [-0.25, -0.2) is 9.48 Å². The molecule has 1 aromatic rings. The first-order valence-electron chi connectivity index (χ1n) is 9.73. The number of amides is 3. The lowest BCUT2D eigenvalue weighted by Crippen LogP contribution is -2.45. The summed E-state index contributed by atoms with van der Waals surface area (Å²) in [6.45, 7) is 4.14. The topological polar surface area (TPSA) is 107 Å². The van der Waals surface area contributed by atoms with E-state index >= 15 is 0 Å². The van der Waals surface area contributed by atoms with Crippen molar-refractivity contribution in [1.82, 2.24) is 24.1 Å². The normalized spacial score (nSPS) is 18.4. The second kappa shape index (κ2) is 8.68. The van der Waals surface area contributed by atoms with E-state index < -0.39 is 0 Å². The Morgan fingerprint density at radius 3 is 2.36 bits per heavy atom. The molecule has 0 unspecified atom stereocenters. The van der Waals surface area contributed by atoms with Crippen LogP contribution in [0.1, 0.15) is 44.3 Å². The van der Waals surface area contributed by atoms with Crippen molar-refractivity contribution in [3.05, 3.63) is 16.3 Å². The van der Waals surface area contributed by atoms with Crippen LogP contribution in [0.4, 0.5) is 0 Å². The fourth-order valence-corrected chi connectivity index (χ4v) is 3.80. The van der Waals surface area contributed by atoms with Crippen molar-refractivity contribution in [3.63, 3.8) is 0 Å². The van der Waals surface area contributed by atoms with Crippen molar-refractivity contribution < 1.29 is 19.1 Å². The fraction of sp³-hybridized carbons (Fsp3) is 0.722. The van der Waals surface area contributed by atoms with Crippen LogP contribution in [0.3, 0.4) is 0 Å². The Kier molecular flexibility index (Phi) is 6.28. The molecule has 2 aliphatic rings. The predicted octanol–water partition coefficient (Wildman–Crippen LogP) is -0.434. The van der Waals surface area contributed by atoms with E-state index in [-0.39, 0.29) is 48.7 Å². The smallest absolute Gasteiger partial charge is 0.345 e. The Morgan fingerprint density at radius 2 is 1.79 bits per heavy atom. The summed E-state index contributed by atoms with van der Waals surface area (Å²) in [5.41, 5.74) is -0.140. The molecule has 0 bridgehead atoms. The first-order chi connectivity index (χ1) is 13.5. The van der Waals surface area contributed by atoms with Gasteiger partial charge in [-0.1, -0.05) is 0 Å². The maximum atomic E-state index is 12.5. The molecule has 3 heterocycles. The Hall–Kier alpha value is -2.49. The molecule has 3 amide bonds. The van der Waals surface area contributed by atoms with Gasteiger partial charge < -0.3 is 9.64 Å². The number of rotatable bonds is 7. The van der Waals surface area contributed by atoms with Gasteiger partial charge in [0.15, 0.2) is 0 Å². The molecule has 0 N–H and O–H groups in total. The minimum absolute atomic E-state index is 0.0931. The molecule has 0 atom stereocenters. The molecular weight excluding hydrogens is 366 g/mol. The monoisotopic (exact) mass is 393 g/mol. The summed E-state index contributed by atoms with van der Waals surface area (Å²) in [6.07, 6.45) is 1.76. The number of methoxy groups -OCH3 is 1. The molecule has 0 aromatic carbocycles. The highest BCUT2D eigenvalue weighted by atomic mass is 16.5. The van der Waals surface area contributed by atoms with Gasteiger partial charge in [-0.3, -0.25) is 23.9 Å². The summed E-state index contributed by atoms with van der Waals surface area (Å²) in [5, 5.41) is 4.50. The second-order valence-electron chi connectivity index (χ2n) is 7.13. The summed E-state index contributed by atoms with van der Waals surface area (Å²) in [5.74, 6) is 0.0836. The number of aromatic nitrogens is 3. The average molecular weight is 393 g/mol. The van der Waals surface area contributed by atoms with Crippen molar-refractivity contribution >= 4 is 17.7 Å². The van der Waals surface area contributed by atoms with Crippen molar-refractivity contribution in [3.8, 4) is 0 Å². The highest BCUT2D eigenvalue weighted by Crippen LogP contribution is 2.26. The van der Waals surface area contributed by atoms with Gasteiger partial charge in [-0.05, 0) is 19.8 Å². The van der Waals surface area contributed by atoms with Gasteiger partial charge in [0.05, 0.1) is 13.2 Å². The quantitative estimate of drug-likeness (QED) is 0.582. The van der Waals surface area contributed by atoms with Gasteiger partial charge in [-0.15, -0.1) is 0 Å².